The number of carbonyl (C=O) groups excluding carboxylic acids is 1. The second-order valence-corrected chi connectivity index (χ2v) is 10.2. The van der Waals surface area contributed by atoms with Gasteiger partial charge in [-0.25, -0.2) is 13.8 Å². The molecule has 0 saturated carbocycles. The van der Waals surface area contributed by atoms with E-state index >= 15 is 0 Å². The van der Waals surface area contributed by atoms with Crippen LogP contribution >= 0.6 is 35.1 Å². The van der Waals surface area contributed by atoms with E-state index in [-0.39, 0.29) is 34.6 Å². The number of nitrogens with zero attached hydrogens (tertiary/aromatic N) is 4. The molecule has 3 heterocycles. The number of carbonyl (C=O) groups is 1. The van der Waals surface area contributed by atoms with Crippen LogP contribution < -0.4 is 4.90 Å². The highest BCUT2D eigenvalue weighted by atomic mass is 35.5. The van der Waals surface area contributed by atoms with Crippen LogP contribution in [0, 0.1) is 21.7 Å². The maximum Gasteiger partial charge on any atom is 0.270 e. The summed E-state index contributed by atoms with van der Waals surface area (Å²) in [7, 11) is 0. The van der Waals surface area contributed by atoms with E-state index in [1.165, 1.54) is 34.4 Å². The Labute approximate surface area is 218 Å². The van der Waals surface area contributed by atoms with Crippen molar-refractivity contribution in [2.24, 2.45) is 0 Å². The van der Waals surface area contributed by atoms with Crippen molar-refractivity contribution in [3.05, 3.63) is 63.0 Å². The van der Waals surface area contributed by atoms with Crippen LogP contribution in [0.5, 0.6) is 0 Å². The molecule has 0 spiro atoms. The first-order chi connectivity index (χ1) is 16.9. The molecule has 1 amide bonds. The fourth-order valence-electron chi connectivity index (χ4n) is 4.00. The number of anilines is 1. The second kappa shape index (κ2) is 11.1. The van der Waals surface area contributed by atoms with Crippen molar-refractivity contribution in [3.8, 4) is 0 Å². The van der Waals surface area contributed by atoms with E-state index in [9.17, 15) is 23.7 Å². The number of non-ortho nitro benzene ring substituents is 1. The molecule has 1 saturated heterocycles. The molecule has 1 fully saturated rings. The Morgan fingerprint density at radius 1 is 1.14 bits per heavy atom. The molecule has 0 radical (unpaired) electrons. The molecular weight excluding hydrogens is 534 g/mol. The predicted octanol–water partition coefficient (Wildman–Crippen LogP) is 5.49. The van der Waals surface area contributed by atoms with Crippen LogP contribution in [0.2, 0.25) is 0 Å². The lowest BCUT2D eigenvalue weighted by atomic mass is 10.2. The molecule has 0 unspecified atom stereocenters. The predicted molar refractivity (Wildman–Crippen MR) is 139 cm³/mol. The topological polar surface area (TPSA) is 88.8 Å². The molecule has 2 aromatic carbocycles. The second-order valence-electron chi connectivity index (χ2n) is 8.09. The van der Waals surface area contributed by atoms with Gasteiger partial charge >= 0.3 is 0 Å². The summed E-state index contributed by atoms with van der Waals surface area (Å²) in [4.78, 5) is 32.7. The fraction of sp³-hybridized carbons (Fsp3) is 0.304. The molecule has 0 atom stereocenters. The number of fused-ring (bicyclic) bond motifs is 2. The van der Waals surface area contributed by atoms with Crippen LogP contribution in [0.4, 0.5) is 19.6 Å². The summed E-state index contributed by atoms with van der Waals surface area (Å²) in [5, 5.41) is 12.0. The summed E-state index contributed by atoms with van der Waals surface area (Å²) in [6, 6.07) is 8.05. The summed E-state index contributed by atoms with van der Waals surface area (Å²) in [6.45, 7) is 4.04. The lowest BCUT2D eigenvalue weighted by molar-refractivity contribution is -0.384. The largest absolute Gasteiger partial charge is 0.379 e. The quantitative estimate of drug-likeness (QED) is 0.222. The van der Waals surface area contributed by atoms with Gasteiger partial charge in [-0.3, -0.25) is 24.7 Å². The number of nitro groups is 1. The van der Waals surface area contributed by atoms with Gasteiger partial charge in [0.1, 0.15) is 11.3 Å². The lowest BCUT2D eigenvalue weighted by Gasteiger charge is -2.27. The number of ether oxygens (including phenoxy) is 1. The van der Waals surface area contributed by atoms with Gasteiger partial charge in [0.25, 0.3) is 11.6 Å². The van der Waals surface area contributed by atoms with E-state index in [2.05, 4.69) is 9.88 Å². The first kappa shape index (κ1) is 26.3. The van der Waals surface area contributed by atoms with Gasteiger partial charge < -0.3 is 4.74 Å². The normalized spacial score (nSPS) is 14.2. The molecule has 8 nitrogen and oxygen atoms in total. The molecule has 36 heavy (non-hydrogen) atoms. The smallest absolute Gasteiger partial charge is 0.270 e. The molecule has 4 aromatic rings. The SMILES string of the molecule is Cl.O=C(c1cc2cc([N+](=O)[O-])ccc2s1)N(CCCN1CCOCC1)c1nc2c(F)cc(F)cc2s1. The minimum absolute atomic E-state index is 0. The Morgan fingerprint density at radius 3 is 2.67 bits per heavy atom. The number of thiazole rings is 1. The highest BCUT2D eigenvalue weighted by molar-refractivity contribution is 7.23. The monoisotopic (exact) mass is 554 g/mol. The third kappa shape index (κ3) is 5.47. The van der Waals surface area contributed by atoms with Crippen molar-refractivity contribution in [1.82, 2.24) is 9.88 Å². The first-order valence-corrected chi connectivity index (χ1v) is 12.6. The minimum Gasteiger partial charge on any atom is -0.379 e. The number of hydrogen-bond acceptors (Lipinski definition) is 8. The summed E-state index contributed by atoms with van der Waals surface area (Å²) >= 11 is 2.28. The standard InChI is InChI=1S/C23H20F2N4O4S2.ClH/c24-15-12-17(25)21-19(13-15)35-23(26-21)28(5-1-4-27-6-8-33-9-7-27)22(30)20-11-14-10-16(29(31)32)2-3-18(14)34-20;/h2-3,10-13H,1,4-9H2;1H. The Bertz CT molecular complexity index is 1420. The zero-order chi connectivity index (χ0) is 24.5. The molecule has 5 rings (SSSR count). The van der Waals surface area contributed by atoms with Crippen molar-refractivity contribution in [1.29, 1.82) is 0 Å². The van der Waals surface area contributed by atoms with Gasteiger partial charge in [-0.1, -0.05) is 11.3 Å². The van der Waals surface area contributed by atoms with Gasteiger partial charge in [-0.2, -0.15) is 0 Å². The van der Waals surface area contributed by atoms with Gasteiger partial charge in [0.15, 0.2) is 10.9 Å². The highest BCUT2D eigenvalue weighted by Crippen LogP contribution is 2.34. The number of hydrogen-bond donors (Lipinski definition) is 0. The van der Waals surface area contributed by atoms with Crippen LogP contribution in [0.1, 0.15) is 16.1 Å². The molecule has 2 aromatic heterocycles. The molecule has 190 valence electrons. The third-order valence-corrected chi connectivity index (χ3v) is 7.89. The van der Waals surface area contributed by atoms with Gasteiger partial charge in [-0.05, 0) is 24.6 Å². The number of benzene rings is 2. The van der Waals surface area contributed by atoms with E-state index in [0.29, 0.717) is 41.1 Å². The Morgan fingerprint density at radius 2 is 1.92 bits per heavy atom. The van der Waals surface area contributed by atoms with Crippen LogP contribution in [0.15, 0.2) is 36.4 Å². The van der Waals surface area contributed by atoms with E-state index in [1.54, 1.807) is 12.1 Å². The average Bonchev–Trinajstić information content (AvgIpc) is 3.46. The summed E-state index contributed by atoms with van der Waals surface area (Å²) < 4.78 is 34.5. The van der Waals surface area contributed by atoms with Crippen molar-refractivity contribution in [3.63, 3.8) is 0 Å². The van der Waals surface area contributed by atoms with Crippen molar-refractivity contribution in [2.45, 2.75) is 6.42 Å². The van der Waals surface area contributed by atoms with E-state index in [0.717, 1.165) is 41.7 Å². The van der Waals surface area contributed by atoms with Gasteiger partial charge in [0, 0.05) is 54.5 Å². The molecule has 13 heteroatoms. The van der Waals surface area contributed by atoms with E-state index < -0.39 is 16.6 Å². The molecule has 1 aliphatic rings. The van der Waals surface area contributed by atoms with E-state index in [1.807, 2.05) is 0 Å². The number of halogens is 3. The van der Waals surface area contributed by atoms with Crippen LogP contribution in [0.25, 0.3) is 20.3 Å². The van der Waals surface area contributed by atoms with Crippen LogP contribution in [0.3, 0.4) is 0 Å². The van der Waals surface area contributed by atoms with Crippen molar-refractivity contribution < 1.29 is 23.2 Å². The Hall–Kier alpha value is -2.77. The Kier molecular flexibility index (Phi) is 8.10. The van der Waals surface area contributed by atoms with Gasteiger partial charge in [0.2, 0.25) is 0 Å². The summed E-state index contributed by atoms with van der Waals surface area (Å²) in [6.07, 6.45) is 0.648. The van der Waals surface area contributed by atoms with Gasteiger partial charge in [0.05, 0.1) is 27.7 Å². The zero-order valence-electron chi connectivity index (χ0n) is 18.8. The third-order valence-electron chi connectivity index (χ3n) is 5.76. The van der Waals surface area contributed by atoms with Crippen molar-refractivity contribution in [2.75, 3.05) is 44.3 Å². The molecule has 0 N–H and O–H groups in total. The molecule has 0 bridgehead atoms. The maximum atomic E-state index is 14.3. The lowest BCUT2D eigenvalue weighted by Crippen LogP contribution is -2.39. The molecule has 1 aliphatic heterocycles. The van der Waals surface area contributed by atoms with Crippen molar-refractivity contribution >= 4 is 72.1 Å². The van der Waals surface area contributed by atoms with Crippen LogP contribution in [-0.4, -0.2) is 60.1 Å². The maximum absolute atomic E-state index is 14.3. The number of aromatic nitrogens is 1. The summed E-state index contributed by atoms with van der Waals surface area (Å²) in [5.41, 5.74) is -0.0373. The number of morpholine rings is 1. The van der Waals surface area contributed by atoms with Gasteiger partial charge in [-0.15, -0.1) is 23.7 Å². The fourth-order valence-corrected chi connectivity index (χ4v) is 6.03. The zero-order valence-corrected chi connectivity index (χ0v) is 21.3. The molecule has 0 aliphatic carbocycles. The van der Waals surface area contributed by atoms with Crippen LogP contribution in [-0.2, 0) is 4.74 Å². The minimum atomic E-state index is -0.780. The number of amides is 1. The summed E-state index contributed by atoms with van der Waals surface area (Å²) in [5.74, 6) is -1.82. The number of rotatable bonds is 7. The number of nitro benzene ring substituents is 1. The average molecular weight is 555 g/mol. The molecular formula is C23H21ClF2N4O4S2. The van der Waals surface area contributed by atoms with E-state index in [4.69, 9.17) is 4.74 Å². The number of thiophene rings is 1. The first-order valence-electron chi connectivity index (χ1n) is 10.9. The Balaban J connectivity index is 0.00000304. The highest BCUT2D eigenvalue weighted by Gasteiger charge is 2.25.